The van der Waals surface area contributed by atoms with Gasteiger partial charge in [0.2, 0.25) is 5.91 Å². The first-order valence-corrected chi connectivity index (χ1v) is 11.4. The molecule has 2 aromatic carbocycles. The van der Waals surface area contributed by atoms with Crippen molar-refractivity contribution in [1.82, 2.24) is 14.8 Å². The minimum Gasteiger partial charge on any atom is -0.482 e. The largest absolute Gasteiger partial charge is 0.482 e. The molecule has 166 valence electrons. The third-order valence-electron chi connectivity index (χ3n) is 4.91. The van der Waals surface area contributed by atoms with Crippen molar-refractivity contribution in [3.8, 4) is 5.75 Å². The van der Waals surface area contributed by atoms with Crippen molar-refractivity contribution in [3.63, 3.8) is 0 Å². The predicted molar refractivity (Wildman–Crippen MR) is 122 cm³/mol. The lowest BCUT2D eigenvalue weighted by Crippen LogP contribution is -2.41. The molecule has 3 aromatic rings. The number of aromatic nitrogens is 3. The van der Waals surface area contributed by atoms with Crippen molar-refractivity contribution >= 4 is 50.9 Å². The number of halogens is 2. The molecule has 32 heavy (non-hydrogen) atoms. The molecule has 0 saturated carbocycles. The van der Waals surface area contributed by atoms with E-state index in [9.17, 15) is 14.0 Å². The van der Waals surface area contributed by atoms with E-state index < -0.39 is 11.9 Å². The highest BCUT2D eigenvalue weighted by atomic mass is 79.9. The highest BCUT2D eigenvalue weighted by molar-refractivity contribution is 9.10. The number of hydrogen-bond donors (Lipinski definition) is 1. The van der Waals surface area contributed by atoms with Crippen molar-refractivity contribution < 1.29 is 18.7 Å². The molecule has 1 N–H and O–H groups in total. The second-order valence-corrected chi connectivity index (χ2v) is 8.92. The molecule has 0 spiro atoms. The number of thioether (sulfide) groups is 1. The number of rotatable bonds is 6. The molecule has 2 amide bonds. The summed E-state index contributed by atoms with van der Waals surface area (Å²) in [6, 6.07) is 11.3. The Hall–Kier alpha value is -2.92. The number of benzene rings is 2. The molecule has 1 atom stereocenters. The highest BCUT2D eigenvalue weighted by Crippen LogP contribution is 2.37. The third kappa shape index (κ3) is 4.49. The zero-order valence-corrected chi connectivity index (χ0v) is 19.6. The minimum absolute atomic E-state index is 0.0230. The molecule has 0 fully saturated rings. The number of nitrogens with one attached hydrogen (secondary N) is 1. The normalized spacial score (nSPS) is 14.0. The molecule has 1 aliphatic rings. The Morgan fingerprint density at radius 1 is 1.31 bits per heavy atom. The molecule has 2 heterocycles. The lowest BCUT2D eigenvalue weighted by atomic mass is 10.1. The van der Waals surface area contributed by atoms with Crippen molar-refractivity contribution in [2.75, 3.05) is 22.6 Å². The van der Waals surface area contributed by atoms with Crippen LogP contribution in [-0.2, 0) is 16.6 Å². The van der Waals surface area contributed by atoms with Crippen molar-refractivity contribution in [3.05, 3.63) is 58.6 Å². The molecule has 0 aliphatic carbocycles. The number of carbonyl (C=O) groups excluding carboxylic acids is 2. The van der Waals surface area contributed by atoms with Crippen molar-refractivity contribution in [1.29, 1.82) is 0 Å². The second kappa shape index (κ2) is 9.29. The Bertz CT molecular complexity index is 1190. The van der Waals surface area contributed by atoms with Gasteiger partial charge in [0.25, 0.3) is 5.91 Å². The van der Waals surface area contributed by atoms with Crippen LogP contribution in [0.15, 0.2) is 52.1 Å². The summed E-state index contributed by atoms with van der Waals surface area (Å²) in [6.07, 6.45) is 0. The number of amides is 2. The number of ether oxygens (including phenoxy) is 1. The van der Waals surface area contributed by atoms with Gasteiger partial charge < -0.3 is 14.6 Å². The minimum atomic E-state index is -0.525. The van der Waals surface area contributed by atoms with Gasteiger partial charge in [-0.05, 0) is 37.3 Å². The van der Waals surface area contributed by atoms with Gasteiger partial charge in [-0.3, -0.25) is 14.5 Å². The Morgan fingerprint density at radius 2 is 2.09 bits per heavy atom. The summed E-state index contributed by atoms with van der Waals surface area (Å²) in [5, 5.41) is 11.5. The van der Waals surface area contributed by atoms with Crippen LogP contribution in [0.5, 0.6) is 5.75 Å². The van der Waals surface area contributed by atoms with Gasteiger partial charge >= 0.3 is 0 Å². The van der Waals surface area contributed by atoms with Crippen LogP contribution < -0.4 is 15.0 Å². The molecule has 0 radical (unpaired) electrons. The van der Waals surface area contributed by atoms with Gasteiger partial charge in [0.15, 0.2) is 17.6 Å². The fourth-order valence-electron chi connectivity index (χ4n) is 3.38. The van der Waals surface area contributed by atoms with Crippen LogP contribution in [0.2, 0.25) is 0 Å². The van der Waals surface area contributed by atoms with E-state index in [1.807, 2.05) is 31.2 Å². The zero-order chi connectivity index (χ0) is 22.8. The maximum Gasteiger partial charge on any atom is 0.265 e. The smallest absolute Gasteiger partial charge is 0.265 e. The van der Waals surface area contributed by atoms with Gasteiger partial charge in [0, 0.05) is 11.5 Å². The quantitative estimate of drug-likeness (QED) is 0.496. The summed E-state index contributed by atoms with van der Waals surface area (Å²) in [4.78, 5) is 26.5. The first kappa shape index (κ1) is 22.3. The first-order chi connectivity index (χ1) is 15.3. The average molecular weight is 520 g/mol. The van der Waals surface area contributed by atoms with Gasteiger partial charge in [-0.2, -0.15) is 0 Å². The Balaban J connectivity index is 1.45. The van der Waals surface area contributed by atoms with Crippen LogP contribution in [0.1, 0.15) is 18.8 Å². The lowest BCUT2D eigenvalue weighted by Gasteiger charge is -2.33. The standard InChI is InChI=1S/C21H19BrFN5O3S/c1-12(28-16-5-3-4-6-17(16)31-10-19(28)30)20-25-26-21(27(20)2)32-11-18(29)24-15-8-7-13(22)9-14(15)23/h3-9,12H,10-11H2,1-2H3,(H,24,29). The molecular formula is C21H19BrFN5O3S. The van der Waals surface area contributed by atoms with Gasteiger partial charge in [0.05, 0.1) is 23.2 Å². The topological polar surface area (TPSA) is 89.4 Å². The van der Waals surface area contributed by atoms with E-state index in [1.54, 1.807) is 22.6 Å². The van der Waals surface area contributed by atoms with E-state index in [2.05, 4.69) is 31.4 Å². The third-order valence-corrected chi connectivity index (χ3v) is 6.43. The number of hydrogen-bond acceptors (Lipinski definition) is 6. The van der Waals surface area contributed by atoms with Gasteiger partial charge in [0.1, 0.15) is 11.6 Å². The van der Waals surface area contributed by atoms with Gasteiger partial charge in [-0.15, -0.1) is 10.2 Å². The Labute approximate surface area is 196 Å². The van der Waals surface area contributed by atoms with E-state index in [1.165, 1.54) is 23.9 Å². The molecule has 11 heteroatoms. The van der Waals surface area contributed by atoms with E-state index in [-0.39, 0.29) is 29.9 Å². The summed E-state index contributed by atoms with van der Waals surface area (Å²) in [7, 11) is 1.78. The molecule has 1 aliphatic heterocycles. The maximum absolute atomic E-state index is 13.9. The van der Waals surface area contributed by atoms with E-state index in [4.69, 9.17) is 4.74 Å². The Morgan fingerprint density at radius 3 is 2.88 bits per heavy atom. The predicted octanol–water partition coefficient (Wildman–Crippen LogP) is 3.93. The summed E-state index contributed by atoms with van der Waals surface area (Å²) < 4.78 is 21.8. The molecule has 0 saturated heterocycles. The van der Waals surface area contributed by atoms with Crippen LogP contribution in [0.25, 0.3) is 0 Å². The van der Waals surface area contributed by atoms with Crippen LogP contribution in [0.4, 0.5) is 15.8 Å². The lowest BCUT2D eigenvalue weighted by molar-refractivity contribution is -0.121. The summed E-state index contributed by atoms with van der Waals surface area (Å²) >= 11 is 4.35. The number of nitrogens with zero attached hydrogens (tertiary/aromatic N) is 4. The number of anilines is 2. The van der Waals surface area contributed by atoms with E-state index in [0.717, 1.165) is 0 Å². The molecule has 4 rings (SSSR count). The van der Waals surface area contributed by atoms with Crippen molar-refractivity contribution in [2.24, 2.45) is 7.05 Å². The molecular weight excluding hydrogens is 501 g/mol. The zero-order valence-electron chi connectivity index (χ0n) is 17.2. The maximum atomic E-state index is 13.9. The Kier molecular flexibility index (Phi) is 6.47. The van der Waals surface area contributed by atoms with Crippen LogP contribution in [0, 0.1) is 5.82 Å². The number of para-hydroxylation sites is 2. The molecule has 8 nitrogen and oxygen atoms in total. The first-order valence-electron chi connectivity index (χ1n) is 9.66. The van der Waals surface area contributed by atoms with Crippen LogP contribution in [0.3, 0.4) is 0 Å². The molecule has 1 unspecified atom stereocenters. The van der Waals surface area contributed by atoms with E-state index in [0.29, 0.717) is 26.9 Å². The SMILES string of the molecule is CC(c1nnc(SCC(=O)Nc2ccc(Br)cc2F)n1C)N1C(=O)COc2ccccc21. The number of fused-ring (bicyclic) bond motifs is 1. The summed E-state index contributed by atoms with van der Waals surface area (Å²) in [5.41, 5.74) is 0.778. The second-order valence-electron chi connectivity index (χ2n) is 7.06. The van der Waals surface area contributed by atoms with Crippen LogP contribution in [-0.4, -0.2) is 38.9 Å². The van der Waals surface area contributed by atoms with Crippen LogP contribution >= 0.6 is 27.7 Å². The van der Waals surface area contributed by atoms with Gasteiger partial charge in [-0.1, -0.05) is 39.8 Å². The fourth-order valence-corrected chi connectivity index (χ4v) is 4.44. The number of carbonyl (C=O) groups is 2. The summed E-state index contributed by atoms with van der Waals surface area (Å²) in [6.45, 7) is 1.81. The molecule has 0 bridgehead atoms. The van der Waals surface area contributed by atoms with Crippen molar-refractivity contribution in [2.45, 2.75) is 18.1 Å². The summed E-state index contributed by atoms with van der Waals surface area (Å²) in [5.74, 6) is 0.151. The fraction of sp³-hybridized carbons (Fsp3) is 0.238. The monoisotopic (exact) mass is 519 g/mol. The van der Waals surface area contributed by atoms with E-state index >= 15 is 0 Å². The molecule has 1 aromatic heterocycles. The average Bonchev–Trinajstić information content (AvgIpc) is 3.14. The highest BCUT2D eigenvalue weighted by Gasteiger charge is 2.32. The van der Waals surface area contributed by atoms with Gasteiger partial charge in [-0.25, -0.2) is 4.39 Å².